The summed E-state index contributed by atoms with van der Waals surface area (Å²) in [6.07, 6.45) is 4.44. The van der Waals surface area contributed by atoms with Crippen molar-refractivity contribution in [3.63, 3.8) is 0 Å². The molecule has 1 aromatic carbocycles. The van der Waals surface area contributed by atoms with Gasteiger partial charge in [0.2, 0.25) is 0 Å². The van der Waals surface area contributed by atoms with Gasteiger partial charge >= 0.3 is 5.97 Å². The van der Waals surface area contributed by atoms with Crippen molar-refractivity contribution in [2.45, 2.75) is 38.5 Å². The number of hydrogen-bond donors (Lipinski definition) is 1. The van der Waals surface area contributed by atoms with Crippen LogP contribution in [0.25, 0.3) is 0 Å². The molecule has 1 aromatic rings. The molecule has 2 rings (SSSR count). The molecule has 1 fully saturated rings. The number of rotatable bonds is 3. The third-order valence-corrected chi connectivity index (χ3v) is 4.57. The fraction of sp³-hybridized carbons (Fsp3) is 0.500. The molecule has 3 heteroatoms. The number of aryl methyl sites for hydroxylation is 1. The van der Waals surface area contributed by atoms with Crippen LogP contribution < -0.4 is 0 Å². The summed E-state index contributed by atoms with van der Waals surface area (Å²) < 4.78 is 1.04. The summed E-state index contributed by atoms with van der Waals surface area (Å²) in [6, 6.07) is 5.89. The maximum Gasteiger partial charge on any atom is 0.311 e. The second-order valence-electron chi connectivity index (χ2n) is 4.87. The van der Waals surface area contributed by atoms with Gasteiger partial charge in [-0.25, -0.2) is 0 Å². The van der Waals surface area contributed by atoms with Gasteiger partial charge in [0.1, 0.15) is 0 Å². The van der Waals surface area contributed by atoms with Crippen LogP contribution in [-0.2, 0) is 4.79 Å². The van der Waals surface area contributed by atoms with Gasteiger partial charge in [-0.2, -0.15) is 0 Å². The lowest BCUT2D eigenvalue weighted by molar-refractivity contribution is -0.140. The number of hydrogen-bond acceptors (Lipinski definition) is 1. The highest BCUT2D eigenvalue weighted by Crippen LogP contribution is 2.38. The Bertz CT molecular complexity index is 422. The second-order valence-corrected chi connectivity index (χ2v) is 5.72. The SMILES string of the molecule is Cc1cc(C(C(=O)O)C2CCCC2)ccc1Br. The predicted molar refractivity (Wildman–Crippen MR) is 71.2 cm³/mol. The molecule has 0 bridgehead atoms. The van der Waals surface area contributed by atoms with Crippen LogP contribution >= 0.6 is 15.9 Å². The first-order valence-corrected chi connectivity index (χ1v) is 6.87. The first-order chi connectivity index (χ1) is 8.09. The molecule has 1 aliphatic carbocycles. The van der Waals surface area contributed by atoms with Crippen molar-refractivity contribution in [3.05, 3.63) is 33.8 Å². The van der Waals surface area contributed by atoms with Gasteiger partial charge < -0.3 is 5.11 Å². The van der Waals surface area contributed by atoms with E-state index < -0.39 is 5.97 Å². The van der Waals surface area contributed by atoms with Crippen LogP contribution in [0.5, 0.6) is 0 Å². The molecule has 0 heterocycles. The van der Waals surface area contributed by atoms with Crippen molar-refractivity contribution in [2.24, 2.45) is 5.92 Å². The molecule has 0 radical (unpaired) electrons. The van der Waals surface area contributed by atoms with Crippen molar-refractivity contribution >= 4 is 21.9 Å². The van der Waals surface area contributed by atoms with Crippen LogP contribution in [0.1, 0.15) is 42.7 Å². The zero-order valence-electron chi connectivity index (χ0n) is 9.95. The van der Waals surface area contributed by atoms with Crippen molar-refractivity contribution in [1.29, 1.82) is 0 Å². The molecule has 1 N–H and O–H groups in total. The van der Waals surface area contributed by atoms with Gasteiger partial charge in [-0.05, 0) is 42.9 Å². The normalized spacial score (nSPS) is 18.2. The highest BCUT2D eigenvalue weighted by atomic mass is 79.9. The third kappa shape index (κ3) is 2.71. The molecule has 92 valence electrons. The largest absolute Gasteiger partial charge is 0.481 e. The summed E-state index contributed by atoms with van der Waals surface area (Å²) in [5, 5.41) is 9.44. The van der Waals surface area contributed by atoms with Crippen LogP contribution in [0, 0.1) is 12.8 Å². The van der Waals surface area contributed by atoms with E-state index in [0.717, 1.165) is 28.4 Å². The van der Waals surface area contributed by atoms with Crippen LogP contribution in [0.4, 0.5) is 0 Å². The predicted octanol–water partition coefficient (Wildman–Crippen LogP) is 4.12. The number of carboxylic acids is 1. The van der Waals surface area contributed by atoms with E-state index in [9.17, 15) is 9.90 Å². The van der Waals surface area contributed by atoms with Crippen LogP contribution in [0.3, 0.4) is 0 Å². The Labute approximate surface area is 110 Å². The van der Waals surface area contributed by atoms with Crippen molar-refractivity contribution < 1.29 is 9.90 Å². The van der Waals surface area contributed by atoms with E-state index in [1.54, 1.807) is 0 Å². The minimum atomic E-state index is -0.682. The molecule has 1 aliphatic rings. The lowest BCUT2D eigenvalue weighted by Crippen LogP contribution is -2.19. The van der Waals surface area contributed by atoms with Crippen LogP contribution in [-0.4, -0.2) is 11.1 Å². The third-order valence-electron chi connectivity index (χ3n) is 3.68. The van der Waals surface area contributed by atoms with E-state index in [-0.39, 0.29) is 5.92 Å². The second kappa shape index (κ2) is 5.21. The summed E-state index contributed by atoms with van der Waals surface area (Å²) in [5.41, 5.74) is 2.05. The molecular formula is C14H17BrO2. The zero-order chi connectivity index (χ0) is 12.4. The van der Waals surface area contributed by atoms with E-state index >= 15 is 0 Å². The lowest BCUT2D eigenvalue weighted by atomic mass is 9.84. The summed E-state index contributed by atoms with van der Waals surface area (Å²) >= 11 is 3.45. The van der Waals surface area contributed by atoms with E-state index in [1.807, 2.05) is 25.1 Å². The Morgan fingerprint density at radius 1 is 1.41 bits per heavy atom. The highest BCUT2D eigenvalue weighted by Gasteiger charge is 2.31. The number of halogens is 1. The topological polar surface area (TPSA) is 37.3 Å². The molecule has 1 atom stereocenters. The summed E-state index contributed by atoms with van der Waals surface area (Å²) in [4.78, 5) is 11.5. The minimum absolute atomic E-state index is 0.313. The molecule has 1 unspecified atom stereocenters. The average molecular weight is 297 g/mol. The van der Waals surface area contributed by atoms with Crippen molar-refractivity contribution in [2.75, 3.05) is 0 Å². The van der Waals surface area contributed by atoms with Gasteiger partial charge in [0.05, 0.1) is 5.92 Å². The Morgan fingerprint density at radius 2 is 2.06 bits per heavy atom. The fourth-order valence-corrected chi connectivity index (χ4v) is 3.02. The maximum atomic E-state index is 11.5. The molecule has 1 saturated carbocycles. The summed E-state index contributed by atoms with van der Waals surface area (Å²) in [5.74, 6) is -0.698. The Morgan fingerprint density at radius 3 is 2.59 bits per heavy atom. The molecule has 0 spiro atoms. The van der Waals surface area contributed by atoms with Gasteiger partial charge in [0, 0.05) is 4.47 Å². The molecular weight excluding hydrogens is 280 g/mol. The first kappa shape index (κ1) is 12.6. The van der Waals surface area contributed by atoms with Gasteiger partial charge in [0.15, 0.2) is 0 Å². The highest BCUT2D eigenvalue weighted by molar-refractivity contribution is 9.10. The lowest BCUT2D eigenvalue weighted by Gasteiger charge is -2.20. The van der Waals surface area contributed by atoms with E-state index in [2.05, 4.69) is 15.9 Å². The Hall–Kier alpha value is -0.830. The van der Waals surface area contributed by atoms with Crippen molar-refractivity contribution in [3.8, 4) is 0 Å². The standard InChI is InChI=1S/C14H17BrO2/c1-9-8-11(6-7-12(9)15)13(14(16)17)10-4-2-3-5-10/h6-8,10,13H,2-5H2,1H3,(H,16,17). The zero-order valence-corrected chi connectivity index (χ0v) is 11.5. The number of carboxylic acid groups (broad SMARTS) is 1. The Kier molecular flexibility index (Phi) is 3.87. The number of aliphatic carboxylic acids is 1. The summed E-state index contributed by atoms with van der Waals surface area (Å²) in [6.45, 7) is 2.00. The fourth-order valence-electron chi connectivity index (χ4n) is 2.77. The smallest absolute Gasteiger partial charge is 0.311 e. The molecule has 2 nitrogen and oxygen atoms in total. The molecule has 0 aromatic heterocycles. The van der Waals surface area contributed by atoms with E-state index in [0.29, 0.717) is 5.92 Å². The van der Waals surface area contributed by atoms with E-state index in [4.69, 9.17) is 0 Å². The number of benzene rings is 1. The maximum absolute atomic E-state index is 11.5. The van der Waals surface area contributed by atoms with Gasteiger partial charge in [-0.3, -0.25) is 4.79 Å². The molecule has 0 aliphatic heterocycles. The monoisotopic (exact) mass is 296 g/mol. The first-order valence-electron chi connectivity index (χ1n) is 6.08. The summed E-state index contributed by atoms with van der Waals surface area (Å²) in [7, 11) is 0. The average Bonchev–Trinajstić information content (AvgIpc) is 2.76. The van der Waals surface area contributed by atoms with Gasteiger partial charge in [0.25, 0.3) is 0 Å². The Balaban J connectivity index is 2.31. The molecule has 17 heavy (non-hydrogen) atoms. The van der Waals surface area contributed by atoms with E-state index in [1.165, 1.54) is 12.8 Å². The number of carbonyl (C=O) groups is 1. The van der Waals surface area contributed by atoms with Gasteiger partial charge in [-0.1, -0.05) is 40.9 Å². The van der Waals surface area contributed by atoms with Crippen molar-refractivity contribution in [1.82, 2.24) is 0 Å². The van der Waals surface area contributed by atoms with Gasteiger partial charge in [-0.15, -0.1) is 0 Å². The molecule has 0 saturated heterocycles. The minimum Gasteiger partial charge on any atom is -0.481 e. The van der Waals surface area contributed by atoms with Crippen LogP contribution in [0.2, 0.25) is 0 Å². The quantitative estimate of drug-likeness (QED) is 0.911. The molecule has 0 amide bonds. The van der Waals surface area contributed by atoms with Crippen LogP contribution in [0.15, 0.2) is 22.7 Å².